The Hall–Kier alpha value is -2.60. The number of hydrogen-bond donors (Lipinski definition) is 1. The van der Waals surface area contributed by atoms with Crippen LogP contribution < -0.4 is 0 Å². The van der Waals surface area contributed by atoms with Crippen LogP contribution in [0.25, 0.3) is 0 Å². The minimum absolute atomic E-state index is 0. The van der Waals surface area contributed by atoms with E-state index in [4.69, 9.17) is 0 Å². The Morgan fingerprint density at radius 2 is 1.43 bits per heavy atom. The number of aromatic hydroxyl groups is 1. The number of amides is 2. The van der Waals surface area contributed by atoms with Gasteiger partial charge >= 0.3 is 0 Å². The van der Waals surface area contributed by atoms with Gasteiger partial charge in [-0.1, -0.05) is 12.1 Å². The van der Waals surface area contributed by atoms with Gasteiger partial charge in [0, 0.05) is 5.56 Å². The van der Waals surface area contributed by atoms with Crippen molar-refractivity contribution in [2.75, 3.05) is 0 Å². The van der Waals surface area contributed by atoms with Crippen LogP contribution in [0.3, 0.4) is 0 Å². The minimum Gasteiger partial charge on any atom is -0.508 e. The molecule has 0 saturated heterocycles. The van der Waals surface area contributed by atoms with E-state index in [1.165, 1.54) is 31.2 Å². The van der Waals surface area contributed by atoms with Crippen molar-refractivity contribution in [2.45, 2.75) is 13.0 Å². The number of fused-ring (bicyclic) bond motifs is 1. The lowest BCUT2D eigenvalue weighted by atomic mass is 10.0. The smallest absolute Gasteiger partial charge is 0.262 e. The van der Waals surface area contributed by atoms with Crippen molar-refractivity contribution in [3.05, 3.63) is 65.2 Å². The monoisotopic (exact) mass is 329 g/mol. The number of imide groups is 1. The molecule has 1 aliphatic rings. The Morgan fingerprint density at radius 1 is 0.957 bits per heavy atom. The van der Waals surface area contributed by atoms with E-state index in [-0.39, 0.29) is 25.0 Å². The molecule has 2 aromatic rings. The molecule has 0 bridgehead atoms. The maximum atomic E-state index is 12.5. The van der Waals surface area contributed by atoms with Gasteiger partial charge in [-0.3, -0.25) is 19.3 Å². The molecule has 3 rings (SSSR count). The first-order valence-electron chi connectivity index (χ1n) is 6.81. The van der Waals surface area contributed by atoms with Crippen LogP contribution in [0.1, 0.15) is 38.0 Å². The van der Waals surface area contributed by atoms with Gasteiger partial charge in [0.25, 0.3) is 11.8 Å². The Labute approximate surface area is 140 Å². The molecular formula is C17H15NO4S. The number of nitrogens with zero attached hydrogens (tertiary/aromatic N) is 1. The van der Waals surface area contributed by atoms with E-state index in [0.717, 1.165) is 4.90 Å². The standard InChI is InChI=1S/C17H13NO4.H2S/c1-10(15(20)11-6-8-12(19)9-7-11)18-16(21)13-4-2-3-5-14(13)17(18)22;/h2-10,19H,1H3;1H2. The highest BCUT2D eigenvalue weighted by Crippen LogP contribution is 2.25. The fourth-order valence-corrected chi connectivity index (χ4v) is 2.54. The zero-order chi connectivity index (χ0) is 15.9. The summed E-state index contributed by atoms with van der Waals surface area (Å²) < 4.78 is 0. The number of hydrogen-bond acceptors (Lipinski definition) is 4. The highest BCUT2D eigenvalue weighted by molar-refractivity contribution is 7.59. The molecular weight excluding hydrogens is 314 g/mol. The third-order valence-electron chi connectivity index (χ3n) is 3.74. The van der Waals surface area contributed by atoms with Crippen molar-refractivity contribution < 1.29 is 19.5 Å². The molecule has 1 N–H and O–H groups in total. The summed E-state index contributed by atoms with van der Waals surface area (Å²) in [4.78, 5) is 38.1. The fraction of sp³-hybridized carbons (Fsp3) is 0.118. The van der Waals surface area contributed by atoms with Gasteiger partial charge < -0.3 is 5.11 Å². The summed E-state index contributed by atoms with van der Waals surface area (Å²) >= 11 is 0. The first-order valence-corrected chi connectivity index (χ1v) is 6.81. The molecule has 23 heavy (non-hydrogen) atoms. The average molecular weight is 329 g/mol. The van der Waals surface area contributed by atoms with E-state index in [2.05, 4.69) is 0 Å². The topological polar surface area (TPSA) is 74.7 Å². The molecule has 1 atom stereocenters. The number of phenolic OH excluding ortho intramolecular Hbond substituents is 1. The lowest BCUT2D eigenvalue weighted by molar-refractivity contribution is 0.0555. The van der Waals surface area contributed by atoms with Crippen LogP contribution >= 0.6 is 13.5 Å². The number of rotatable bonds is 3. The number of ketones is 1. The van der Waals surface area contributed by atoms with E-state index in [1.807, 2.05) is 0 Å². The molecule has 0 fully saturated rings. The van der Waals surface area contributed by atoms with Gasteiger partial charge in [0.05, 0.1) is 11.1 Å². The van der Waals surface area contributed by atoms with Gasteiger partial charge in [-0.05, 0) is 43.3 Å². The van der Waals surface area contributed by atoms with Gasteiger partial charge in [-0.25, -0.2) is 0 Å². The Kier molecular flexibility index (Phi) is 4.56. The van der Waals surface area contributed by atoms with Crippen LogP contribution in [-0.4, -0.2) is 33.6 Å². The third-order valence-corrected chi connectivity index (χ3v) is 3.74. The first kappa shape index (κ1) is 16.8. The first-order chi connectivity index (χ1) is 10.5. The quantitative estimate of drug-likeness (QED) is 0.693. The van der Waals surface area contributed by atoms with Crippen molar-refractivity contribution in [1.29, 1.82) is 0 Å². The van der Waals surface area contributed by atoms with Crippen LogP contribution in [0.2, 0.25) is 0 Å². The lowest BCUT2D eigenvalue weighted by Gasteiger charge is -2.21. The fourth-order valence-electron chi connectivity index (χ4n) is 2.54. The maximum Gasteiger partial charge on any atom is 0.262 e. The molecule has 2 aromatic carbocycles. The molecule has 5 nitrogen and oxygen atoms in total. The van der Waals surface area contributed by atoms with E-state index in [9.17, 15) is 19.5 Å². The van der Waals surface area contributed by atoms with Crippen molar-refractivity contribution >= 4 is 31.1 Å². The Bertz CT molecular complexity index is 750. The van der Waals surface area contributed by atoms with Gasteiger partial charge in [0.2, 0.25) is 0 Å². The molecule has 6 heteroatoms. The third kappa shape index (κ3) is 2.73. The van der Waals surface area contributed by atoms with E-state index < -0.39 is 17.9 Å². The summed E-state index contributed by atoms with van der Waals surface area (Å²) in [6.07, 6.45) is 0. The molecule has 1 unspecified atom stereocenters. The van der Waals surface area contributed by atoms with E-state index in [0.29, 0.717) is 16.7 Å². The molecule has 0 spiro atoms. The normalized spacial score (nSPS) is 14.2. The molecule has 0 saturated carbocycles. The lowest BCUT2D eigenvalue weighted by Crippen LogP contribution is -2.42. The number of carbonyl (C=O) groups excluding carboxylic acids is 3. The molecule has 1 heterocycles. The molecule has 118 valence electrons. The zero-order valence-electron chi connectivity index (χ0n) is 12.3. The number of benzene rings is 2. The SMILES string of the molecule is CC(C(=O)c1ccc(O)cc1)N1C(=O)c2ccccc2C1=O.S. The van der Waals surface area contributed by atoms with Gasteiger partial charge in [0.15, 0.2) is 5.78 Å². The zero-order valence-corrected chi connectivity index (χ0v) is 13.3. The molecule has 0 radical (unpaired) electrons. The van der Waals surface area contributed by atoms with Crippen LogP contribution in [-0.2, 0) is 0 Å². The predicted octanol–water partition coefficient (Wildman–Crippen LogP) is 2.37. The van der Waals surface area contributed by atoms with Crippen molar-refractivity contribution in [1.82, 2.24) is 4.90 Å². The number of carbonyl (C=O) groups is 3. The summed E-state index contributed by atoms with van der Waals surface area (Å²) in [5.74, 6) is -1.22. The van der Waals surface area contributed by atoms with Gasteiger partial charge in [0.1, 0.15) is 11.8 Å². The highest BCUT2D eigenvalue weighted by Gasteiger charge is 2.40. The van der Waals surface area contributed by atoms with Crippen molar-refractivity contribution in [3.8, 4) is 5.75 Å². The van der Waals surface area contributed by atoms with Crippen LogP contribution in [0.4, 0.5) is 0 Å². The maximum absolute atomic E-state index is 12.5. The van der Waals surface area contributed by atoms with Crippen LogP contribution in [0.5, 0.6) is 5.75 Å². The molecule has 2 amide bonds. The predicted molar refractivity (Wildman–Crippen MR) is 89.2 cm³/mol. The van der Waals surface area contributed by atoms with Crippen LogP contribution in [0, 0.1) is 0 Å². The summed E-state index contributed by atoms with van der Waals surface area (Å²) in [7, 11) is 0. The summed E-state index contributed by atoms with van der Waals surface area (Å²) in [5.41, 5.74) is 0.970. The second-order valence-corrected chi connectivity index (χ2v) is 5.11. The average Bonchev–Trinajstić information content (AvgIpc) is 2.79. The van der Waals surface area contributed by atoms with E-state index >= 15 is 0 Å². The van der Waals surface area contributed by atoms with Crippen molar-refractivity contribution in [3.63, 3.8) is 0 Å². The number of phenols is 1. The Balaban J connectivity index is 0.00000192. The largest absolute Gasteiger partial charge is 0.508 e. The molecule has 0 aliphatic carbocycles. The second kappa shape index (κ2) is 6.26. The van der Waals surface area contributed by atoms with Gasteiger partial charge in [-0.15, -0.1) is 0 Å². The summed E-state index contributed by atoms with van der Waals surface area (Å²) in [6, 6.07) is 11.3. The van der Waals surface area contributed by atoms with Gasteiger partial charge in [-0.2, -0.15) is 13.5 Å². The minimum atomic E-state index is -0.906. The second-order valence-electron chi connectivity index (χ2n) is 5.11. The Morgan fingerprint density at radius 3 is 1.91 bits per heavy atom. The summed E-state index contributed by atoms with van der Waals surface area (Å²) in [5, 5.41) is 9.26. The number of Topliss-reactive ketones (excluding diaryl/α,β-unsaturated/α-hetero) is 1. The summed E-state index contributed by atoms with van der Waals surface area (Å²) in [6.45, 7) is 1.52. The molecule has 0 aromatic heterocycles. The van der Waals surface area contributed by atoms with Crippen LogP contribution in [0.15, 0.2) is 48.5 Å². The van der Waals surface area contributed by atoms with Crippen molar-refractivity contribution in [2.24, 2.45) is 0 Å². The highest BCUT2D eigenvalue weighted by atomic mass is 32.1. The molecule has 1 aliphatic heterocycles. The van der Waals surface area contributed by atoms with E-state index in [1.54, 1.807) is 24.3 Å².